The first-order chi connectivity index (χ1) is 18.7. The van der Waals surface area contributed by atoms with E-state index < -0.39 is 0 Å². The number of H-pyrrole nitrogens is 2. The van der Waals surface area contributed by atoms with Crippen LogP contribution in [0.25, 0.3) is 55.2 Å². The van der Waals surface area contributed by atoms with Crippen LogP contribution in [0.15, 0.2) is 61.1 Å². The summed E-state index contributed by atoms with van der Waals surface area (Å²) in [7, 11) is 0. The molecule has 1 saturated carbocycles. The normalized spacial score (nSPS) is 14.2. The Morgan fingerprint density at radius 3 is 2.84 bits per heavy atom. The van der Waals surface area contributed by atoms with Gasteiger partial charge in [-0.1, -0.05) is 12.8 Å². The van der Waals surface area contributed by atoms with E-state index in [1.807, 2.05) is 36.7 Å². The molecule has 0 amide bonds. The van der Waals surface area contributed by atoms with Crippen molar-refractivity contribution in [3.63, 3.8) is 0 Å². The number of thiophene rings is 1. The number of pyridine rings is 3. The van der Waals surface area contributed by atoms with Gasteiger partial charge in [-0.15, -0.1) is 11.3 Å². The lowest BCUT2D eigenvalue weighted by atomic mass is 10.1. The molecule has 7 rings (SSSR count). The third-order valence-electron chi connectivity index (χ3n) is 7.36. The molecular weight excluding hydrogens is 497 g/mol. The Balaban J connectivity index is 1.20. The molecule has 6 aromatic heterocycles. The molecule has 0 spiro atoms. The molecule has 6 heterocycles. The van der Waals surface area contributed by atoms with Crippen LogP contribution in [0.3, 0.4) is 0 Å². The van der Waals surface area contributed by atoms with Gasteiger partial charge in [0, 0.05) is 46.5 Å². The monoisotopic (exact) mass is 523 g/mol. The number of nitrogens with one attached hydrogen (secondary N) is 3. The van der Waals surface area contributed by atoms with Gasteiger partial charge in [0.05, 0.1) is 16.9 Å². The van der Waals surface area contributed by atoms with Crippen molar-refractivity contribution in [2.75, 3.05) is 6.54 Å². The molecular formula is C29H26FN7S. The second-order valence-electron chi connectivity index (χ2n) is 9.94. The summed E-state index contributed by atoms with van der Waals surface area (Å²) in [5, 5.41) is 12.0. The summed E-state index contributed by atoms with van der Waals surface area (Å²) in [5.74, 6) is 0.803. The Hall–Kier alpha value is -3.95. The van der Waals surface area contributed by atoms with E-state index in [0.717, 1.165) is 85.4 Å². The number of halogens is 1. The zero-order chi connectivity index (χ0) is 25.5. The van der Waals surface area contributed by atoms with E-state index in [1.54, 1.807) is 12.3 Å². The highest BCUT2D eigenvalue weighted by Gasteiger charge is 2.17. The van der Waals surface area contributed by atoms with Crippen LogP contribution >= 0.6 is 11.3 Å². The number of aromatic nitrogens is 6. The van der Waals surface area contributed by atoms with Crippen molar-refractivity contribution in [3.05, 3.63) is 71.7 Å². The third-order valence-corrected chi connectivity index (χ3v) is 8.27. The fourth-order valence-electron chi connectivity index (χ4n) is 5.44. The molecule has 1 aliphatic carbocycles. The number of hydrogen-bond acceptors (Lipinski definition) is 6. The quantitative estimate of drug-likeness (QED) is 0.216. The maximum atomic E-state index is 13.7. The minimum atomic E-state index is -0.209. The number of hydrogen-bond donors (Lipinski definition) is 3. The van der Waals surface area contributed by atoms with Crippen molar-refractivity contribution in [3.8, 4) is 33.1 Å². The van der Waals surface area contributed by atoms with Gasteiger partial charge in [0.25, 0.3) is 0 Å². The fourth-order valence-corrected chi connectivity index (χ4v) is 6.21. The van der Waals surface area contributed by atoms with Gasteiger partial charge >= 0.3 is 0 Å². The first kappa shape index (κ1) is 23.2. The van der Waals surface area contributed by atoms with E-state index in [4.69, 9.17) is 4.98 Å². The summed E-state index contributed by atoms with van der Waals surface area (Å²) in [6.07, 6.45) is 10.9. The Kier molecular flexibility index (Phi) is 5.94. The van der Waals surface area contributed by atoms with Crippen molar-refractivity contribution >= 4 is 33.4 Å². The van der Waals surface area contributed by atoms with Crippen LogP contribution in [-0.4, -0.2) is 36.7 Å². The largest absolute Gasteiger partial charge is 0.338 e. The molecule has 0 saturated heterocycles. The van der Waals surface area contributed by atoms with Crippen LogP contribution in [0, 0.1) is 11.0 Å². The second kappa shape index (κ2) is 9.74. The summed E-state index contributed by atoms with van der Waals surface area (Å²) in [6.45, 7) is 1.87. The SMILES string of the molecule is Fc1ccc(-c2ccnc3[nH]c(-c4n[nH]c5ccc(-c6cncc(CNCC7CCCC7)c6)nc45)cc23)s1. The number of nitrogens with zero attached hydrogens (tertiary/aromatic N) is 4. The minimum Gasteiger partial charge on any atom is -0.338 e. The summed E-state index contributed by atoms with van der Waals surface area (Å²) in [6, 6.07) is 13.4. The smallest absolute Gasteiger partial charge is 0.176 e. The van der Waals surface area contributed by atoms with Crippen molar-refractivity contribution in [2.45, 2.75) is 32.2 Å². The van der Waals surface area contributed by atoms with Gasteiger partial charge in [-0.25, -0.2) is 9.97 Å². The van der Waals surface area contributed by atoms with Crippen LogP contribution < -0.4 is 5.32 Å². The number of aromatic amines is 2. The summed E-state index contributed by atoms with van der Waals surface area (Å²) in [4.78, 5) is 18.2. The van der Waals surface area contributed by atoms with E-state index >= 15 is 0 Å². The van der Waals surface area contributed by atoms with E-state index in [0.29, 0.717) is 5.69 Å². The lowest BCUT2D eigenvalue weighted by Crippen LogP contribution is -2.20. The van der Waals surface area contributed by atoms with E-state index in [9.17, 15) is 4.39 Å². The van der Waals surface area contributed by atoms with Crippen molar-refractivity contribution in [1.82, 2.24) is 35.5 Å². The Morgan fingerprint density at radius 2 is 1.97 bits per heavy atom. The average molecular weight is 524 g/mol. The molecule has 0 aliphatic heterocycles. The van der Waals surface area contributed by atoms with Crippen molar-refractivity contribution < 1.29 is 4.39 Å². The van der Waals surface area contributed by atoms with Crippen molar-refractivity contribution in [1.29, 1.82) is 0 Å². The van der Waals surface area contributed by atoms with Gasteiger partial charge in [0.2, 0.25) is 0 Å². The zero-order valence-electron chi connectivity index (χ0n) is 20.7. The first-order valence-electron chi connectivity index (χ1n) is 13.0. The molecule has 6 aromatic rings. The van der Waals surface area contributed by atoms with E-state index in [-0.39, 0.29) is 5.13 Å². The summed E-state index contributed by atoms with van der Waals surface area (Å²) in [5.41, 5.74) is 7.75. The van der Waals surface area contributed by atoms with Gasteiger partial charge in [0.15, 0.2) is 5.13 Å². The molecule has 0 radical (unpaired) electrons. The predicted octanol–water partition coefficient (Wildman–Crippen LogP) is 6.71. The van der Waals surface area contributed by atoms with Gasteiger partial charge < -0.3 is 10.3 Å². The van der Waals surface area contributed by atoms with Crippen LogP contribution in [0.4, 0.5) is 4.39 Å². The van der Waals surface area contributed by atoms with Gasteiger partial charge in [0.1, 0.15) is 16.9 Å². The number of fused-ring (bicyclic) bond motifs is 2. The van der Waals surface area contributed by atoms with Crippen LogP contribution in [0.5, 0.6) is 0 Å². The van der Waals surface area contributed by atoms with Gasteiger partial charge in [-0.05, 0) is 73.3 Å². The molecule has 38 heavy (non-hydrogen) atoms. The molecule has 3 N–H and O–H groups in total. The predicted molar refractivity (Wildman–Crippen MR) is 149 cm³/mol. The lowest BCUT2D eigenvalue weighted by Gasteiger charge is -2.11. The molecule has 0 unspecified atom stereocenters. The fraction of sp³-hybridized carbons (Fsp3) is 0.241. The highest BCUT2D eigenvalue weighted by atomic mass is 32.1. The first-order valence-corrected chi connectivity index (χ1v) is 13.8. The Bertz CT molecular complexity index is 1740. The van der Waals surface area contributed by atoms with Gasteiger partial charge in [-0.3, -0.25) is 10.1 Å². The molecule has 0 atom stereocenters. The molecule has 1 fully saturated rings. The molecule has 0 aromatic carbocycles. The van der Waals surface area contributed by atoms with Gasteiger partial charge in [-0.2, -0.15) is 9.49 Å². The molecule has 1 aliphatic rings. The van der Waals surface area contributed by atoms with E-state index in [2.05, 4.69) is 36.5 Å². The zero-order valence-corrected chi connectivity index (χ0v) is 21.5. The lowest BCUT2D eigenvalue weighted by molar-refractivity contribution is 0.489. The minimum absolute atomic E-state index is 0.209. The maximum Gasteiger partial charge on any atom is 0.176 e. The summed E-state index contributed by atoms with van der Waals surface area (Å²) < 4.78 is 13.7. The third kappa shape index (κ3) is 4.37. The Labute approximate surface area is 222 Å². The highest BCUT2D eigenvalue weighted by Crippen LogP contribution is 2.35. The molecule has 0 bridgehead atoms. The van der Waals surface area contributed by atoms with E-state index in [1.165, 1.54) is 31.7 Å². The average Bonchev–Trinajstić information content (AvgIpc) is 3.74. The summed E-state index contributed by atoms with van der Waals surface area (Å²) >= 11 is 1.12. The highest BCUT2D eigenvalue weighted by molar-refractivity contribution is 7.14. The maximum absolute atomic E-state index is 13.7. The second-order valence-corrected chi connectivity index (χ2v) is 11.0. The number of rotatable bonds is 7. The topological polar surface area (TPSA) is 95.2 Å². The molecule has 190 valence electrons. The molecule has 7 nitrogen and oxygen atoms in total. The van der Waals surface area contributed by atoms with Crippen molar-refractivity contribution in [2.24, 2.45) is 5.92 Å². The van der Waals surface area contributed by atoms with Crippen LogP contribution in [-0.2, 0) is 6.54 Å². The van der Waals surface area contributed by atoms with Crippen LogP contribution in [0.1, 0.15) is 31.2 Å². The van der Waals surface area contributed by atoms with Crippen LogP contribution in [0.2, 0.25) is 0 Å². The standard InChI is InChI=1S/C29H26FN7S/c30-26-8-7-25(38-26)20-9-10-33-29-21(20)12-24(35-29)28-27-23(36-37-28)6-5-22(34-27)19-11-18(15-32-16-19)14-31-13-17-3-1-2-4-17/h5-12,15-17,31H,1-4,13-14H2,(H,33,35)(H,36,37). The molecule has 9 heteroatoms. The Morgan fingerprint density at radius 1 is 1.05 bits per heavy atom.